The first kappa shape index (κ1) is 11.4. The Morgan fingerprint density at radius 2 is 1.92 bits per heavy atom. The molecule has 0 bridgehead atoms. The Kier molecular flexibility index (Phi) is 3.90. The molecule has 2 amide bonds. The molecule has 0 fully saturated rings. The molecule has 0 aliphatic carbocycles. The van der Waals surface area contributed by atoms with Crippen molar-refractivity contribution in [2.75, 3.05) is 0 Å². The van der Waals surface area contributed by atoms with E-state index in [9.17, 15) is 9.59 Å². The first-order chi connectivity index (χ1) is 5.85. The normalized spacial score (nSPS) is 10.1. The van der Waals surface area contributed by atoms with Gasteiger partial charge in [0, 0.05) is 0 Å². The molecule has 0 aliphatic rings. The van der Waals surface area contributed by atoms with Crippen molar-refractivity contribution >= 4 is 18.9 Å². The summed E-state index contributed by atoms with van der Waals surface area (Å²) in [5.74, 6) is 0. The number of rotatable bonds is 0. The Labute approximate surface area is 75.9 Å². The van der Waals surface area contributed by atoms with Gasteiger partial charge in [-0.05, 0) is 27.5 Å². The Morgan fingerprint density at radius 1 is 1.38 bits per heavy atom. The van der Waals surface area contributed by atoms with Crippen LogP contribution in [0.3, 0.4) is 0 Å². The van der Waals surface area contributed by atoms with E-state index in [4.69, 9.17) is 4.74 Å². The average molecular weight is 188 g/mol. The van der Waals surface area contributed by atoms with Gasteiger partial charge in [0.25, 0.3) is 0 Å². The number of nitrogens with one attached hydrogen (secondary N) is 1. The molecule has 0 spiro atoms. The van der Waals surface area contributed by atoms with Gasteiger partial charge in [0.2, 0.25) is 0 Å². The highest BCUT2D eigenvalue weighted by atomic mass is 16.7. The van der Waals surface area contributed by atoms with Crippen LogP contribution in [-0.2, 0) is 9.57 Å². The maximum atomic E-state index is 10.8. The molecule has 74 valence electrons. The van der Waals surface area contributed by atoms with Crippen LogP contribution in [0, 0.1) is 0 Å². The van der Waals surface area contributed by atoms with Gasteiger partial charge in [-0.15, -0.1) is 5.48 Å². The molecule has 0 atom stereocenters. The monoisotopic (exact) mass is 188 g/mol. The molecule has 6 heteroatoms. The highest BCUT2D eigenvalue weighted by Gasteiger charge is 2.16. The third-order valence-electron chi connectivity index (χ3n) is 0.750. The summed E-state index contributed by atoms with van der Waals surface area (Å²) in [7, 11) is 0. The quantitative estimate of drug-likeness (QED) is 0.458. The second kappa shape index (κ2) is 4.44. The van der Waals surface area contributed by atoms with Crippen molar-refractivity contribution in [3.05, 3.63) is 0 Å². The van der Waals surface area contributed by atoms with Crippen molar-refractivity contribution < 1.29 is 19.2 Å². The molecule has 0 rings (SSSR count). The number of carbonyl (C=O) groups is 2. The van der Waals surface area contributed by atoms with E-state index in [1.807, 2.05) is 0 Å². The largest absolute Gasteiger partial charge is 0.457 e. The molecule has 0 aromatic heterocycles. The third-order valence-corrected chi connectivity index (χ3v) is 0.750. The summed E-state index contributed by atoms with van der Waals surface area (Å²) in [6, 6.07) is 0. The third kappa shape index (κ3) is 6.79. The van der Waals surface area contributed by atoms with Crippen LogP contribution in [-0.4, -0.2) is 24.5 Å². The molecule has 0 aromatic carbocycles. The van der Waals surface area contributed by atoms with Gasteiger partial charge in [-0.1, -0.05) is 0 Å². The minimum atomic E-state index is -0.995. The van der Waals surface area contributed by atoms with Crippen molar-refractivity contribution in [2.45, 2.75) is 26.4 Å². The van der Waals surface area contributed by atoms with Crippen molar-refractivity contribution in [3.63, 3.8) is 0 Å². The molecule has 0 aromatic rings. The molecular formula is C7H12N2O4. The minimum Gasteiger partial charge on any atom is -0.442 e. The summed E-state index contributed by atoms with van der Waals surface area (Å²) >= 11 is 0. The number of hydroxylamine groups is 1. The number of ether oxygens (including phenoxy) is 1. The number of amides is 2. The smallest absolute Gasteiger partial charge is 0.442 e. The van der Waals surface area contributed by atoms with Crippen LogP contribution in [0.5, 0.6) is 0 Å². The van der Waals surface area contributed by atoms with Gasteiger partial charge in [0.15, 0.2) is 0 Å². The van der Waals surface area contributed by atoms with Gasteiger partial charge in [-0.3, -0.25) is 0 Å². The molecule has 0 heterocycles. The number of aliphatic imine (C=N–C) groups is 1. The number of nitrogens with zero attached hydrogens (tertiary/aromatic N) is 1. The molecular weight excluding hydrogens is 176 g/mol. The fourth-order valence-electron chi connectivity index (χ4n) is 0.417. The predicted molar refractivity (Wildman–Crippen MR) is 45.4 cm³/mol. The second-order valence-electron chi connectivity index (χ2n) is 3.13. The maximum Gasteiger partial charge on any atom is 0.457 e. The molecule has 1 N–H and O–H groups in total. The molecule has 0 unspecified atom stereocenters. The summed E-state index contributed by atoms with van der Waals surface area (Å²) in [6.45, 7) is 7.94. The maximum absolute atomic E-state index is 10.8. The van der Waals surface area contributed by atoms with E-state index in [0.717, 1.165) is 0 Å². The van der Waals surface area contributed by atoms with Crippen LogP contribution in [0.25, 0.3) is 0 Å². The lowest BCUT2D eigenvalue weighted by atomic mass is 10.2. The highest BCUT2D eigenvalue weighted by molar-refractivity contribution is 5.75. The van der Waals surface area contributed by atoms with E-state index < -0.39 is 17.8 Å². The van der Waals surface area contributed by atoms with Gasteiger partial charge in [-0.2, -0.15) is 4.99 Å². The van der Waals surface area contributed by atoms with Gasteiger partial charge in [0.05, 0.1) is 0 Å². The molecule has 6 nitrogen and oxygen atoms in total. The van der Waals surface area contributed by atoms with Crippen LogP contribution >= 0.6 is 0 Å². The van der Waals surface area contributed by atoms with E-state index in [1.54, 1.807) is 26.3 Å². The van der Waals surface area contributed by atoms with E-state index in [-0.39, 0.29) is 0 Å². The zero-order chi connectivity index (χ0) is 10.5. The van der Waals surface area contributed by atoms with E-state index in [0.29, 0.717) is 0 Å². The molecule has 13 heavy (non-hydrogen) atoms. The predicted octanol–water partition coefficient (Wildman–Crippen LogP) is 1.26. The van der Waals surface area contributed by atoms with Crippen LogP contribution in [0.15, 0.2) is 4.99 Å². The average Bonchev–Trinajstić information content (AvgIpc) is 1.97. The number of carbonyl (C=O) groups excluding carboxylic acids is 2. The zero-order valence-corrected chi connectivity index (χ0v) is 7.79. The fourth-order valence-corrected chi connectivity index (χ4v) is 0.417. The van der Waals surface area contributed by atoms with Crippen molar-refractivity contribution in [3.8, 4) is 0 Å². The van der Waals surface area contributed by atoms with Crippen molar-refractivity contribution in [1.29, 1.82) is 0 Å². The van der Waals surface area contributed by atoms with Crippen LogP contribution in [0.1, 0.15) is 20.8 Å². The SMILES string of the molecule is C=NC(=O)ONC(=O)OC(C)(C)C. The Bertz CT molecular complexity index is 219. The highest BCUT2D eigenvalue weighted by Crippen LogP contribution is 2.06. The number of hydrogen-bond acceptors (Lipinski definition) is 4. The standard InChI is InChI=1S/C7H12N2O4/c1-7(2,3)12-6(11)9-13-5(10)8-4/h4H2,1-3H3,(H,9,11). The summed E-state index contributed by atoms with van der Waals surface area (Å²) in [5, 5.41) is 0. The molecule has 0 aliphatic heterocycles. The molecule has 0 saturated heterocycles. The van der Waals surface area contributed by atoms with Gasteiger partial charge in [0.1, 0.15) is 5.60 Å². The lowest BCUT2D eigenvalue weighted by Gasteiger charge is -2.18. The lowest BCUT2D eigenvalue weighted by molar-refractivity contribution is 0.0168. The van der Waals surface area contributed by atoms with Gasteiger partial charge < -0.3 is 9.57 Å². The Morgan fingerprint density at radius 3 is 2.31 bits per heavy atom. The van der Waals surface area contributed by atoms with Gasteiger partial charge in [-0.25, -0.2) is 9.59 Å². The van der Waals surface area contributed by atoms with Crippen molar-refractivity contribution in [1.82, 2.24) is 5.48 Å². The zero-order valence-electron chi connectivity index (χ0n) is 7.79. The Balaban J connectivity index is 3.77. The summed E-state index contributed by atoms with van der Waals surface area (Å²) in [5.41, 5.74) is 1.10. The van der Waals surface area contributed by atoms with E-state index in [1.165, 1.54) is 0 Å². The topological polar surface area (TPSA) is 77.0 Å². The van der Waals surface area contributed by atoms with Gasteiger partial charge >= 0.3 is 12.2 Å². The first-order valence-electron chi connectivity index (χ1n) is 3.51. The fraction of sp³-hybridized carbons (Fsp3) is 0.571. The van der Waals surface area contributed by atoms with Crippen LogP contribution < -0.4 is 5.48 Å². The van der Waals surface area contributed by atoms with E-state index in [2.05, 4.69) is 16.5 Å². The lowest BCUT2D eigenvalue weighted by Crippen LogP contribution is -2.33. The summed E-state index contributed by atoms with van der Waals surface area (Å²) in [6.07, 6.45) is -1.85. The Hall–Kier alpha value is -1.59. The summed E-state index contributed by atoms with van der Waals surface area (Å²) in [4.78, 5) is 28.1. The first-order valence-corrected chi connectivity index (χ1v) is 3.51. The molecule has 0 radical (unpaired) electrons. The van der Waals surface area contributed by atoms with E-state index >= 15 is 0 Å². The summed E-state index contributed by atoms with van der Waals surface area (Å²) < 4.78 is 4.74. The van der Waals surface area contributed by atoms with Crippen LogP contribution in [0.2, 0.25) is 0 Å². The van der Waals surface area contributed by atoms with Crippen molar-refractivity contribution in [2.24, 2.45) is 4.99 Å². The van der Waals surface area contributed by atoms with Crippen LogP contribution in [0.4, 0.5) is 9.59 Å². The molecule has 0 saturated carbocycles. The number of hydrogen-bond donors (Lipinski definition) is 1. The minimum absolute atomic E-state index is 0.641. The second-order valence-corrected chi connectivity index (χ2v) is 3.13.